The molecule has 2 atom stereocenters. The van der Waals surface area contributed by atoms with E-state index in [0.717, 1.165) is 22.7 Å². The van der Waals surface area contributed by atoms with Crippen LogP contribution in [0.25, 0.3) is 0 Å². The summed E-state index contributed by atoms with van der Waals surface area (Å²) in [5.74, 6) is -1.39. The average molecular weight is 339 g/mol. The fraction of sp³-hybridized carbons (Fsp3) is 0.462. The Morgan fingerprint density at radius 2 is 2.09 bits per heavy atom. The van der Waals surface area contributed by atoms with Crippen LogP contribution in [-0.4, -0.2) is 46.0 Å². The van der Waals surface area contributed by atoms with Crippen LogP contribution in [0, 0.1) is 5.82 Å². The van der Waals surface area contributed by atoms with Gasteiger partial charge in [0.25, 0.3) is 0 Å². The summed E-state index contributed by atoms with van der Waals surface area (Å²) in [4.78, 5) is 12.8. The van der Waals surface area contributed by atoms with Gasteiger partial charge in [-0.3, -0.25) is 4.79 Å². The molecular formula is C13H13F4NO3S. The van der Waals surface area contributed by atoms with Crippen molar-refractivity contribution in [1.82, 2.24) is 4.90 Å². The van der Waals surface area contributed by atoms with Crippen LogP contribution in [0.3, 0.4) is 0 Å². The summed E-state index contributed by atoms with van der Waals surface area (Å²) >= 11 is 0.920. The van der Waals surface area contributed by atoms with E-state index >= 15 is 0 Å². The molecule has 1 aromatic carbocycles. The highest BCUT2D eigenvalue weighted by atomic mass is 32.2. The van der Waals surface area contributed by atoms with Crippen molar-refractivity contribution in [3.05, 3.63) is 35.1 Å². The molecule has 22 heavy (non-hydrogen) atoms. The third-order valence-corrected chi connectivity index (χ3v) is 4.41. The summed E-state index contributed by atoms with van der Waals surface area (Å²) in [6, 6.07) is 2.09. The Hall–Kier alpha value is -1.32. The Morgan fingerprint density at radius 3 is 2.68 bits per heavy atom. The third kappa shape index (κ3) is 3.53. The minimum Gasteiger partial charge on any atom is -0.394 e. The smallest absolute Gasteiger partial charge is 0.394 e. The molecule has 0 bridgehead atoms. The number of hydrogen-bond donors (Lipinski definition) is 2. The van der Waals surface area contributed by atoms with Crippen molar-refractivity contribution >= 4 is 17.7 Å². The van der Waals surface area contributed by atoms with Crippen molar-refractivity contribution in [2.45, 2.75) is 17.7 Å². The summed E-state index contributed by atoms with van der Waals surface area (Å²) < 4.78 is 52.6. The Labute approximate surface area is 127 Å². The van der Waals surface area contributed by atoms with Crippen LogP contribution < -0.4 is 0 Å². The lowest BCUT2D eigenvalue weighted by Crippen LogP contribution is -2.37. The number of amides is 1. The topological polar surface area (TPSA) is 60.8 Å². The van der Waals surface area contributed by atoms with E-state index in [0.29, 0.717) is 12.1 Å². The number of aliphatic hydroxyl groups is 2. The maximum absolute atomic E-state index is 13.4. The van der Waals surface area contributed by atoms with Gasteiger partial charge in [-0.25, -0.2) is 4.39 Å². The molecule has 9 heteroatoms. The lowest BCUT2D eigenvalue weighted by Gasteiger charge is -2.28. The summed E-state index contributed by atoms with van der Waals surface area (Å²) in [5.41, 5.74) is -1.39. The van der Waals surface area contributed by atoms with Crippen LogP contribution in [-0.2, 0) is 11.0 Å². The number of halogens is 4. The predicted octanol–water partition coefficient (Wildman–Crippen LogP) is 1.77. The van der Waals surface area contributed by atoms with Gasteiger partial charge in [0.05, 0.1) is 30.6 Å². The number of thioether (sulfide) groups is 1. The maximum atomic E-state index is 13.4. The van der Waals surface area contributed by atoms with Gasteiger partial charge in [0.15, 0.2) is 0 Å². The zero-order valence-electron chi connectivity index (χ0n) is 11.2. The second-order valence-electron chi connectivity index (χ2n) is 4.78. The zero-order chi connectivity index (χ0) is 16.5. The molecule has 1 aliphatic heterocycles. The summed E-state index contributed by atoms with van der Waals surface area (Å²) in [6.07, 6.45) is -5.95. The van der Waals surface area contributed by atoms with Crippen molar-refractivity contribution < 1.29 is 32.6 Å². The molecule has 4 nitrogen and oxygen atoms in total. The minimum absolute atomic E-state index is 0.0728. The molecule has 122 valence electrons. The van der Waals surface area contributed by atoms with Gasteiger partial charge < -0.3 is 15.1 Å². The molecule has 1 fully saturated rings. The molecule has 1 amide bonds. The molecule has 1 aliphatic rings. The SMILES string of the molecule is O=C1CSC(c2cc(F)ccc2C(F)(F)F)N1CC(O)CO. The van der Waals surface area contributed by atoms with E-state index in [4.69, 9.17) is 5.11 Å². The first kappa shape index (κ1) is 17.0. The highest BCUT2D eigenvalue weighted by Crippen LogP contribution is 2.44. The number of rotatable bonds is 4. The number of carbonyl (C=O) groups excluding carboxylic acids is 1. The van der Waals surface area contributed by atoms with E-state index in [1.165, 1.54) is 0 Å². The molecule has 2 N–H and O–H groups in total. The molecule has 0 aromatic heterocycles. The maximum Gasteiger partial charge on any atom is 0.416 e. The normalized spacial score (nSPS) is 20.5. The lowest BCUT2D eigenvalue weighted by molar-refractivity contribution is -0.139. The van der Waals surface area contributed by atoms with Crippen LogP contribution in [0.2, 0.25) is 0 Å². The van der Waals surface area contributed by atoms with Crippen molar-refractivity contribution in [2.24, 2.45) is 0 Å². The van der Waals surface area contributed by atoms with Gasteiger partial charge in [0, 0.05) is 0 Å². The predicted molar refractivity (Wildman–Crippen MR) is 71.4 cm³/mol. The molecule has 1 aromatic rings. The molecular weight excluding hydrogens is 326 g/mol. The van der Waals surface area contributed by atoms with E-state index in [2.05, 4.69) is 0 Å². The van der Waals surface area contributed by atoms with Crippen molar-refractivity contribution in [3.8, 4) is 0 Å². The quantitative estimate of drug-likeness (QED) is 0.821. The molecule has 1 heterocycles. The van der Waals surface area contributed by atoms with Crippen LogP contribution >= 0.6 is 11.8 Å². The lowest BCUT2D eigenvalue weighted by atomic mass is 10.1. The summed E-state index contributed by atoms with van der Waals surface area (Å²) in [6.45, 7) is -0.947. The summed E-state index contributed by atoms with van der Waals surface area (Å²) in [5, 5.41) is 17.2. The van der Waals surface area contributed by atoms with Gasteiger partial charge >= 0.3 is 6.18 Å². The fourth-order valence-electron chi connectivity index (χ4n) is 2.19. The Bertz CT molecular complexity index is 567. The van der Waals surface area contributed by atoms with Crippen molar-refractivity contribution in [1.29, 1.82) is 0 Å². The van der Waals surface area contributed by atoms with Crippen LogP contribution in [0.15, 0.2) is 18.2 Å². The molecule has 0 saturated carbocycles. The Morgan fingerprint density at radius 1 is 1.41 bits per heavy atom. The number of β-amino-alcohol motifs (C(OH)–C–C–N with tert-alkyl or cyclic N) is 1. The first-order valence-electron chi connectivity index (χ1n) is 6.30. The van der Waals surface area contributed by atoms with Gasteiger partial charge in [-0.2, -0.15) is 13.2 Å². The van der Waals surface area contributed by atoms with Gasteiger partial charge in [-0.15, -0.1) is 11.8 Å². The molecule has 0 radical (unpaired) electrons. The van der Waals surface area contributed by atoms with E-state index in [1.807, 2.05) is 0 Å². The Balaban J connectivity index is 2.41. The Kier molecular flexibility index (Phi) is 4.98. The second-order valence-corrected chi connectivity index (χ2v) is 5.84. The number of nitrogens with zero attached hydrogens (tertiary/aromatic N) is 1. The monoisotopic (exact) mass is 339 g/mol. The molecule has 0 aliphatic carbocycles. The largest absolute Gasteiger partial charge is 0.416 e. The number of aliphatic hydroxyl groups excluding tert-OH is 2. The van der Waals surface area contributed by atoms with Crippen LogP contribution in [0.5, 0.6) is 0 Å². The first-order chi connectivity index (χ1) is 10.2. The number of carbonyl (C=O) groups is 1. The molecule has 0 spiro atoms. The highest BCUT2D eigenvalue weighted by molar-refractivity contribution is 8.00. The third-order valence-electron chi connectivity index (χ3n) is 3.17. The first-order valence-corrected chi connectivity index (χ1v) is 7.35. The molecule has 2 unspecified atom stereocenters. The number of hydrogen-bond acceptors (Lipinski definition) is 4. The van der Waals surface area contributed by atoms with E-state index in [-0.39, 0.29) is 17.9 Å². The van der Waals surface area contributed by atoms with E-state index in [9.17, 15) is 27.5 Å². The zero-order valence-corrected chi connectivity index (χ0v) is 12.0. The number of benzene rings is 1. The summed E-state index contributed by atoms with van der Waals surface area (Å²) in [7, 11) is 0. The van der Waals surface area contributed by atoms with E-state index in [1.54, 1.807) is 0 Å². The second kappa shape index (κ2) is 6.43. The standard InChI is InChI=1S/C13H13F4NO3S/c14-7-1-2-10(13(15,16)17)9(3-7)12-18(4-8(20)5-19)11(21)6-22-12/h1-3,8,12,19-20H,4-6H2. The molecule has 1 saturated heterocycles. The number of alkyl halides is 3. The highest BCUT2D eigenvalue weighted by Gasteiger charge is 2.41. The van der Waals surface area contributed by atoms with Gasteiger partial charge in [0.2, 0.25) is 5.91 Å². The van der Waals surface area contributed by atoms with Gasteiger partial charge in [-0.05, 0) is 23.8 Å². The minimum atomic E-state index is -4.68. The van der Waals surface area contributed by atoms with Crippen LogP contribution in [0.1, 0.15) is 16.5 Å². The van der Waals surface area contributed by atoms with Gasteiger partial charge in [0.1, 0.15) is 11.2 Å². The van der Waals surface area contributed by atoms with Crippen LogP contribution in [0.4, 0.5) is 17.6 Å². The molecule has 2 rings (SSSR count). The fourth-order valence-corrected chi connectivity index (χ4v) is 3.41. The average Bonchev–Trinajstić information content (AvgIpc) is 2.78. The van der Waals surface area contributed by atoms with Crippen molar-refractivity contribution in [3.63, 3.8) is 0 Å². The van der Waals surface area contributed by atoms with Gasteiger partial charge in [-0.1, -0.05) is 0 Å². The van der Waals surface area contributed by atoms with E-state index < -0.39 is 41.5 Å². The van der Waals surface area contributed by atoms with Crippen molar-refractivity contribution in [2.75, 3.05) is 18.9 Å².